The van der Waals surface area contributed by atoms with Crippen molar-refractivity contribution >= 4 is 5.91 Å². The number of likely N-dealkylation sites (N-methyl/N-ethyl adjacent to an activating group) is 1. The highest BCUT2D eigenvalue weighted by Gasteiger charge is 2.21. The molecule has 0 spiro atoms. The largest absolute Gasteiger partial charge is 0.367 e. The van der Waals surface area contributed by atoms with Crippen LogP contribution in [0.2, 0.25) is 0 Å². The van der Waals surface area contributed by atoms with E-state index in [4.69, 9.17) is 4.74 Å². The molecule has 1 unspecified atom stereocenters. The summed E-state index contributed by atoms with van der Waals surface area (Å²) in [6.45, 7) is 11.1. The van der Waals surface area contributed by atoms with Gasteiger partial charge in [-0.05, 0) is 6.42 Å². The van der Waals surface area contributed by atoms with E-state index in [1.54, 1.807) is 4.90 Å². The highest BCUT2D eigenvalue weighted by molar-refractivity contribution is 5.77. The van der Waals surface area contributed by atoms with Gasteiger partial charge in [0.25, 0.3) is 0 Å². The molecule has 0 bridgehead atoms. The first-order valence-electron chi connectivity index (χ1n) is 7.59. The Morgan fingerprint density at radius 2 is 1.45 bits per heavy atom. The van der Waals surface area contributed by atoms with Crippen LogP contribution in [0, 0.1) is 0 Å². The Morgan fingerprint density at radius 3 is 1.75 bits per heavy atom. The van der Waals surface area contributed by atoms with Gasteiger partial charge in [-0.1, -0.05) is 71.0 Å². The first kappa shape index (κ1) is 21.0. The van der Waals surface area contributed by atoms with E-state index in [-0.39, 0.29) is 18.6 Å². The normalized spacial score (nSPS) is 16.6. The van der Waals surface area contributed by atoms with Crippen LogP contribution >= 0.6 is 0 Å². The predicted molar refractivity (Wildman–Crippen MR) is 86.8 cm³/mol. The third-order valence-corrected chi connectivity index (χ3v) is 2.47. The van der Waals surface area contributed by atoms with Crippen LogP contribution in [0.15, 0.2) is 36.4 Å². The van der Waals surface area contributed by atoms with Gasteiger partial charge in [0.05, 0.1) is 6.10 Å². The summed E-state index contributed by atoms with van der Waals surface area (Å²) in [5.74, 6) is 0.0877. The minimum Gasteiger partial charge on any atom is -0.367 e. The zero-order chi connectivity index (χ0) is 15.8. The number of carbonyl (C=O) groups excluding carboxylic acids is 1. The van der Waals surface area contributed by atoms with Gasteiger partial charge in [0.1, 0.15) is 6.61 Å². The molecule has 2 rings (SSSR count). The Bertz CT molecular complexity index is 274. The lowest BCUT2D eigenvalue weighted by molar-refractivity contribution is -0.146. The molecule has 3 heteroatoms. The Kier molecular flexibility index (Phi) is 16.5. The molecule has 1 atom stereocenters. The summed E-state index contributed by atoms with van der Waals surface area (Å²) >= 11 is 0. The number of benzene rings is 1. The van der Waals surface area contributed by atoms with E-state index in [0.29, 0.717) is 0 Å². The maximum atomic E-state index is 10.9. The van der Waals surface area contributed by atoms with Gasteiger partial charge in [-0.2, -0.15) is 0 Å². The summed E-state index contributed by atoms with van der Waals surface area (Å²) in [4.78, 5) is 12.6. The van der Waals surface area contributed by atoms with Crippen molar-refractivity contribution in [3.05, 3.63) is 36.4 Å². The van der Waals surface area contributed by atoms with Crippen LogP contribution < -0.4 is 0 Å². The summed E-state index contributed by atoms with van der Waals surface area (Å²) in [5.41, 5.74) is 0. The van der Waals surface area contributed by atoms with Crippen molar-refractivity contribution in [2.24, 2.45) is 0 Å². The molecular weight excluding hydrogens is 250 g/mol. The maximum absolute atomic E-state index is 10.9. The molecule has 1 aromatic rings. The molecule has 0 radical (unpaired) electrons. The first-order valence-corrected chi connectivity index (χ1v) is 7.59. The zero-order valence-corrected chi connectivity index (χ0v) is 13.9. The molecule has 116 valence electrons. The van der Waals surface area contributed by atoms with E-state index in [1.807, 2.05) is 71.1 Å². The van der Waals surface area contributed by atoms with E-state index < -0.39 is 0 Å². The molecule has 1 heterocycles. The van der Waals surface area contributed by atoms with Crippen molar-refractivity contribution in [1.29, 1.82) is 0 Å². The van der Waals surface area contributed by atoms with E-state index >= 15 is 0 Å². The number of nitrogens with zero attached hydrogens (tertiary/aromatic N) is 1. The first-order chi connectivity index (χ1) is 9.74. The van der Waals surface area contributed by atoms with Crippen molar-refractivity contribution in [2.45, 2.75) is 47.1 Å². The van der Waals surface area contributed by atoms with Crippen LogP contribution in [0.3, 0.4) is 0 Å². The molecule has 1 saturated heterocycles. The molecule has 0 N–H and O–H groups in total. The monoisotopic (exact) mass is 281 g/mol. The van der Waals surface area contributed by atoms with Crippen LogP contribution in [0.1, 0.15) is 41.0 Å². The number of hydrogen-bond acceptors (Lipinski definition) is 2. The Labute approximate surface area is 124 Å². The zero-order valence-electron chi connectivity index (χ0n) is 13.9. The molecule has 0 aromatic heterocycles. The molecule has 20 heavy (non-hydrogen) atoms. The number of carbonyl (C=O) groups is 1. The van der Waals surface area contributed by atoms with Crippen molar-refractivity contribution in [2.75, 3.05) is 20.2 Å². The summed E-state index contributed by atoms with van der Waals surface area (Å²) in [7, 11) is 1.81. The standard InChI is InChI=1S/C7H13NO2.C6H6.2C2H6/c1-3-6-4-8(2)7(9)5-10-6;1-2-4-6-5-3-1;2*1-2/h6H,3-5H2,1-2H3;1-6H;2*1-2H3. The van der Waals surface area contributed by atoms with E-state index in [9.17, 15) is 4.79 Å². The second-order valence-corrected chi connectivity index (χ2v) is 3.77. The van der Waals surface area contributed by atoms with Crippen molar-refractivity contribution < 1.29 is 9.53 Å². The van der Waals surface area contributed by atoms with Gasteiger partial charge < -0.3 is 9.64 Å². The van der Waals surface area contributed by atoms with Gasteiger partial charge in [-0.25, -0.2) is 0 Å². The fourth-order valence-corrected chi connectivity index (χ4v) is 1.39. The summed E-state index contributed by atoms with van der Waals surface area (Å²) in [6.07, 6.45) is 1.24. The van der Waals surface area contributed by atoms with Gasteiger partial charge in [0.15, 0.2) is 0 Å². The summed E-state index contributed by atoms with van der Waals surface area (Å²) in [5, 5.41) is 0. The minimum atomic E-state index is 0.0877. The highest BCUT2D eigenvalue weighted by Crippen LogP contribution is 2.06. The Balaban J connectivity index is 0. The summed E-state index contributed by atoms with van der Waals surface area (Å²) < 4.78 is 5.22. The molecule has 1 aliphatic heterocycles. The summed E-state index contributed by atoms with van der Waals surface area (Å²) in [6, 6.07) is 12.0. The number of hydrogen-bond donors (Lipinski definition) is 0. The van der Waals surface area contributed by atoms with E-state index in [2.05, 4.69) is 6.92 Å². The molecular formula is C17H31NO2. The number of rotatable bonds is 1. The van der Waals surface area contributed by atoms with Crippen LogP contribution in [-0.4, -0.2) is 37.1 Å². The van der Waals surface area contributed by atoms with Crippen LogP contribution in [0.5, 0.6) is 0 Å². The fraction of sp³-hybridized carbons (Fsp3) is 0.588. The number of ether oxygens (including phenoxy) is 1. The second-order valence-electron chi connectivity index (χ2n) is 3.77. The molecule has 3 nitrogen and oxygen atoms in total. The van der Waals surface area contributed by atoms with Crippen LogP contribution in [0.4, 0.5) is 0 Å². The van der Waals surface area contributed by atoms with Crippen molar-refractivity contribution in [3.8, 4) is 0 Å². The number of amides is 1. The molecule has 1 aromatic carbocycles. The average Bonchev–Trinajstić information content (AvgIpc) is 2.56. The molecule has 1 amide bonds. The molecule has 0 saturated carbocycles. The van der Waals surface area contributed by atoms with Crippen LogP contribution in [0.25, 0.3) is 0 Å². The Hall–Kier alpha value is -1.35. The van der Waals surface area contributed by atoms with Crippen LogP contribution in [-0.2, 0) is 9.53 Å². The van der Waals surface area contributed by atoms with Gasteiger partial charge in [-0.15, -0.1) is 0 Å². The third kappa shape index (κ3) is 10.6. The molecule has 0 aliphatic carbocycles. The van der Waals surface area contributed by atoms with E-state index in [0.717, 1.165) is 13.0 Å². The second kappa shape index (κ2) is 15.7. The van der Waals surface area contributed by atoms with Gasteiger partial charge in [0, 0.05) is 13.6 Å². The SMILES string of the molecule is CC.CC.CCC1CN(C)C(=O)CO1.c1ccccc1. The lowest BCUT2D eigenvalue weighted by Gasteiger charge is -2.28. The predicted octanol–water partition coefficient (Wildman–Crippen LogP) is 3.99. The fourth-order valence-electron chi connectivity index (χ4n) is 1.39. The third-order valence-electron chi connectivity index (χ3n) is 2.47. The van der Waals surface area contributed by atoms with E-state index in [1.165, 1.54) is 0 Å². The topological polar surface area (TPSA) is 29.5 Å². The Morgan fingerprint density at radius 1 is 1.05 bits per heavy atom. The lowest BCUT2D eigenvalue weighted by atomic mass is 10.2. The maximum Gasteiger partial charge on any atom is 0.248 e. The lowest BCUT2D eigenvalue weighted by Crippen LogP contribution is -2.43. The smallest absolute Gasteiger partial charge is 0.248 e. The van der Waals surface area contributed by atoms with Gasteiger partial charge >= 0.3 is 0 Å². The molecule has 1 fully saturated rings. The van der Waals surface area contributed by atoms with Crippen molar-refractivity contribution in [1.82, 2.24) is 4.90 Å². The minimum absolute atomic E-state index is 0.0877. The van der Waals surface area contributed by atoms with Gasteiger partial charge in [0.2, 0.25) is 5.91 Å². The quantitative estimate of drug-likeness (QED) is 0.779. The average molecular weight is 281 g/mol. The van der Waals surface area contributed by atoms with Crippen molar-refractivity contribution in [3.63, 3.8) is 0 Å². The van der Waals surface area contributed by atoms with Gasteiger partial charge in [-0.3, -0.25) is 4.79 Å². The molecule has 1 aliphatic rings. The highest BCUT2D eigenvalue weighted by atomic mass is 16.5. The number of morpholine rings is 1.